The first kappa shape index (κ1) is 33.7. The van der Waals surface area contributed by atoms with E-state index in [1.165, 1.54) is 6.92 Å². The summed E-state index contributed by atoms with van der Waals surface area (Å²) in [5, 5.41) is 7.97. The lowest BCUT2D eigenvalue weighted by Gasteiger charge is -2.27. The van der Waals surface area contributed by atoms with Crippen molar-refractivity contribution < 1.29 is 49.8 Å². The van der Waals surface area contributed by atoms with E-state index in [0.29, 0.717) is 15.9 Å². The van der Waals surface area contributed by atoms with Crippen LogP contribution in [-0.4, -0.2) is 79.1 Å². The molecule has 7 nitrogen and oxygen atoms in total. The highest BCUT2D eigenvalue weighted by Gasteiger charge is 2.43. The zero-order valence-electron chi connectivity index (χ0n) is 22.3. The normalized spacial score (nSPS) is 15.1. The number of carbonyl (C=O) groups is 2. The number of amides is 3. The van der Waals surface area contributed by atoms with E-state index in [4.69, 9.17) is 11.6 Å². The second-order valence-corrected chi connectivity index (χ2v) is 10.8. The maximum atomic E-state index is 14.7. The number of aliphatic hydroxyl groups is 1. The van der Waals surface area contributed by atoms with Gasteiger partial charge in [0.2, 0.25) is 0 Å². The van der Waals surface area contributed by atoms with Gasteiger partial charge in [-0.15, -0.1) is 0 Å². The Morgan fingerprint density at radius 2 is 1.74 bits per heavy atom. The van der Waals surface area contributed by atoms with Crippen molar-refractivity contribution in [2.45, 2.75) is 30.3 Å². The predicted molar refractivity (Wildman–Crippen MR) is 141 cm³/mol. The Balaban J connectivity index is 2.13. The number of aliphatic hydroxyl groups excluding tert-OH is 1. The Kier molecular flexibility index (Phi) is 10.3. The van der Waals surface area contributed by atoms with E-state index in [2.05, 4.69) is 0 Å². The average Bonchev–Trinajstić information content (AvgIpc) is 3.22. The molecule has 1 aliphatic heterocycles. The number of urea groups is 1. The summed E-state index contributed by atoms with van der Waals surface area (Å²) in [5.74, 6) is -2.54. The van der Waals surface area contributed by atoms with Crippen molar-refractivity contribution in [3.8, 4) is 0 Å². The highest BCUT2D eigenvalue weighted by atomic mass is 35.5. The van der Waals surface area contributed by atoms with Crippen LogP contribution in [-0.2, 0) is 12.4 Å². The molecule has 1 heterocycles. The van der Waals surface area contributed by atoms with Crippen LogP contribution in [0.4, 0.5) is 56.1 Å². The molecule has 42 heavy (non-hydrogen) atoms. The van der Waals surface area contributed by atoms with Gasteiger partial charge < -0.3 is 19.8 Å². The number of halogens is 9. The molecule has 0 aliphatic carbocycles. The molecule has 0 spiro atoms. The largest absolute Gasteiger partial charge is 0.417 e. The van der Waals surface area contributed by atoms with Crippen LogP contribution < -0.4 is 9.80 Å². The van der Waals surface area contributed by atoms with Gasteiger partial charge in [-0.3, -0.25) is 9.69 Å². The molecule has 3 amide bonds. The van der Waals surface area contributed by atoms with Crippen LogP contribution in [0.3, 0.4) is 0 Å². The number of thioether (sulfide) groups is 1. The van der Waals surface area contributed by atoms with Gasteiger partial charge in [0.1, 0.15) is 10.8 Å². The van der Waals surface area contributed by atoms with Crippen molar-refractivity contribution in [3.05, 3.63) is 52.0 Å². The van der Waals surface area contributed by atoms with Gasteiger partial charge in [0.15, 0.2) is 5.82 Å². The number of likely N-dealkylation sites (N-methyl/N-ethyl adjacent to an activating group) is 1. The van der Waals surface area contributed by atoms with Gasteiger partial charge >= 0.3 is 18.4 Å². The molecule has 1 saturated heterocycles. The average molecular weight is 649 g/mol. The van der Waals surface area contributed by atoms with E-state index < -0.39 is 73.8 Å². The summed E-state index contributed by atoms with van der Waals surface area (Å²) in [7, 11) is 3.29. The van der Waals surface area contributed by atoms with Crippen molar-refractivity contribution in [2.75, 3.05) is 56.6 Å². The van der Waals surface area contributed by atoms with Gasteiger partial charge in [-0.25, -0.2) is 13.6 Å². The number of hydrogen-bond acceptors (Lipinski definition) is 5. The van der Waals surface area contributed by atoms with E-state index in [1.54, 1.807) is 19.0 Å². The third-order valence-corrected chi connectivity index (χ3v) is 7.50. The molecule has 1 N–H and O–H groups in total. The number of hydrogen-bond donors (Lipinski definition) is 1. The summed E-state index contributed by atoms with van der Waals surface area (Å²) >= 11 is 5.41. The van der Waals surface area contributed by atoms with E-state index in [-0.39, 0.29) is 50.6 Å². The molecule has 0 bridgehead atoms. The van der Waals surface area contributed by atoms with Gasteiger partial charge in [-0.2, -0.15) is 26.3 Å². The minimum Gasteiger partial charge on any atom is -0.390 e. The zero-order valence-corrected chi connectivity index (χ0v) is 23.9. The van der Waals surface area contributed by atoms with Crippen LogP contribution in [0.25, 0.3) is 0 Å². The second kappa shape index (κ2) is 12.8. The molecule has 17 heteroatoms. The Morgan fingerprint density at radius 1 is 1.10 bits per heavy atom. The molecule has 0 aromatic heterocycles. The quantitative estimate of drug-likeness (QED) is 0.200. The fourth-order valence-corrected chi connectivity index (χ4v) is 5.50. The highest BCUT2D eigenvalue weighted by Crippen LogP contribution is 2.47. The summed E-state index contributed by atoms with van der Waals surface area (Å²) in [6.45, 7) is 0.357. The summed E-state index contributed by atoms with van der Waals surface area (Å²) in [5.41, 5.74) is -5.00. The van der Waals surface area contributed by atoms with Crippen LogP contribution in [0, 0.1) is 11.6 Å². The third kappa shape index (κ3) is 7.38. The number of β-amino-alcohol motifs (C(OH)–C–C–N with tert-alkyl or cyclic N) is 1. The molecule has 1 aliphatic rings. The van der Waals surface area contributed by atoms with Gasteiger partial charge in [0.25, 0.3) is 5.24 Å². The number of benzene rings is 2. The predicted octanol–water partition coefficient (Wildman–Crippen LogP) is 6.56. The molecule has 3 rings (SSSR count). The van der Waals surface area contributed by atoms with E-state index in [1.807, 2.05) is 0 Å². The Hall–Kier alpha value is -2.82. The van der Waals surface area contributed by atoms with Crippen molar-refractivity contribution in [3.63, 3.8) is 0 Å². The van der Waals surface area contributed by atoms with Gasteiger partial charge in [-0.1, -0.05) is 11.6 Å². The maximum absolute atomic E-state index is 14.7. The molecular weight excluding hydrogens is 624 g/mol. The summed E-state index contributed by atoms with van der Waals surface area (Å²) in [6, 6.07) is 0.725. The van der Waals surface area contributed by atoms with Gasteiger partial charge in [0.05, 0.1) is 33.5 Å². The monoisotopic (exact) mass is 648 g/mol. The minimum atomic E-state index is -5.41. The lowest BCUT2D eigenvalue weighted by molar-refractivity contribution is -0.144. The third-order valence-electron chi connectivity index (χ3n) is 6.13. The first-order valence-electron chi connectivity index (χ1n) is 12.2. The number of anilines is 2. The fourth-order valence-electron chi connectivity index (χ4n) is 4.27. The SMILES string of the molecule is CCN(C(=O)Sc1c(N2CCN(CC(O)CN(C)C)C2=O)cc(C(F)(F)F)cc1C(F)(F)F)c1ccc(F)c(Cl)c1F. The highest BCUT2D eigenvalue weighted by molar-refractivity contribution is 8.14. The van der Waals surface area contributed by atoms with Crippen molar-refractivity contribution in [1.82, 2.24) is 9.80 Å². The first-order valence-corrected chi connectivity index (χ1v) is 13.4. The minimum absolute atomic E-state index is 0.123. The van der Waals surface area contributed by atoms with E-state index >= 15 is 0 Å². The Labute approximate surface area is 244 Å². The molecule has 2 aromatic carbocycles. The van der Waals surface area contributed by atoms with Gasteiger partial charge in [-0.05, 0) is 57.0 Å². The summed E-state index contributed by atoms with van der Waals surface area (Å²) in [6.07, 6.45) is -11.7. The van der Waals surface area contributed by atoms with Crippen LogP contribution in [0.1, 0.15) is 18.1 Å². The number of alkyl halides is 6. The standard InChI is InChI=1S/C25H25ClF8N4O3S/c1-4-37(17-6-5-16(27)19(26)20(17)28)23(41)42-21-15(25(32,33)34)9-13(24(29,30)31)10-18(21)38-8-7-36(22(38)40)12-14(39)11-35(2)3/h5-6,9-10,14,39H,4,7-8,11-12H2,1-3H3. The molecule has 232 valence electrons. The van der Waals surface area contributed by atoms with Crippen LogP contribution >= 0.6 is 23.4 Å². The molecule has 1 atom stereocenters. The zero-order chi connectivity index (χ0) is 31.7. The molecular formula is C25H25ClF8N4O3S. The van der Waals surface area contributed by atoms with Crippen LogP contribution in [0.15, 0.2) is 29.2 Å². The first-order chi connectivity index (χ1) is 19.4. The van der Waals surface area contributed by atoms with E-state index in [9.17, 15) is 49.8 Å². The second-order valence-electron chi connectivity index (χ2n) is 9.47. The van der Waals surface area contributed by atoms with E-state index in [0.717, 1.165) is 17.0 Å². The maximum Gasteiger partial charge on any atom is 0.417 e. The topological polar surface area (TPSA) is 67.3 Å². The van der Waals surface area contributed by atoms with Crippen molar-refractivity contribution in [2.24, 2.45) is 0 Å². The molecule has 0 saturated carbocycles. The number of rotatable bonds is 8. The number of carbonyl (C=O) groups excluding carboxylic acids is 2. The lowest BCUT2D eigenvalue weighted by atomic mass is 10.1. The van der Waals surface area contributed by atoms with Crippen molar-refractivity contribution in [1.29, 1.82) is 0 Å². The van der Waals surface area contributed by atoms with Crippen molar-refractivity contribution >= 4 is 46.0 Å². The smallest absolute Gasteiger partial charge is 0.390 e. The molecule has 1 unspecified atom stereocenters. The van der Waals surface area contributed by atoms with Gasteiger partial charge in [0, 0.05) is 32.7 Å². The fraction of sp³-hybridized carbons (Fsp3) is 0.440. The molecule has 2 aromatic rings. The summed E-state index contributed by atoms with van der Waals surface area (Å²) in [4.78, 5) is 29.4. The Bertz CT molecular complexity index is 1340. The lowest BCUT2D eigenvalue weighted by Crippen LogP contribution is -2.40. The molecule has 0 radical (unpaired) electrons. The van der Waals surface area contributed by atoms with Crippen LogP contribution in [0.5, 0.6) is 0 Å². The molecule has 1 fully saturated rings. The van der Waals surface area contributed by atoms with Crippen LogP contribution in [0.2, 0.25) is 5.02 Å². The summed E-state index contributed by atoms with van der Waals surface area (Å²) < 4.78 is 112. The number of nitrogens with zero attached hydrogens (tertiary/aromatic N) is 4. The Morgan fingerprint density at radius 3 is 2.29 bits per heavy atom.